The average molecular weight is 391 g/mol. The van der Waals surface area contributed by atoms with Crippen LogP contribution in [0.2, 0.25) is 5.02 Å². The van der Waals surface area contributed by atoms with Crippen LogP contribution in [0.5, 0.6) is 0 Å². The first-order chi connectivity index (χ1) is 12.9. The van der Waals surface area contributed by atoms with Crippen LogP contribution in [0.25, 0.3) is 0 Å². The summed E-state index contributed by atoms with van der Waals surface area (Å²) in [5.74, 6) is 0.0658. The number of hydrogen-bond donors (Lipinski definition) is 0. The van der Waals surface area contributed by atoms with Gasteiger partial charge in [0.2, 0.25) is 0 Å². The van der Waals surface area contributed by atoms with Gasteiger partial charge in [0.05, 0.1) is 12.0 Å². The molecule has 2 heterocycles. The third kappa shape index (κ3) is 4.33. The van der Waals surface area contributed by atoms with Crippen LogP contribution in [0.4, 0.5) is 0 Å². The van der Waals surface area contributed by atoms with Crippen molar-refractivity contribution in [2.75, 3.05) is 19.7 Å². The molecule has 1 aromatic heterocycles. The van der Waals surface area contributed by atoms with Crippen LogP contribution in [0, 0.1) is 12.3 Å². The highest BCUT2D eigenvalue weighted by molar-refractivity contribution is 6.30. The van der Waals surface area contributed by atoms with E-state index in [0.717, 1.165) is 5.56 Å². The van der Waals surface area contributed by atoms with E-state index in [1.165, 1.54) is 0 Å². The molecule has 0 spiro atoms. The molecule has 0 aliphatic carbocycles. The van der Waals surface area contributed by atoms with Crippen LogP contribution < -0.4 is 0 Å². The van der Waals surface area contributed by atoms with Crippen molar-refractivity contribution in [3.8, 4) is 0 Å². The number of amides is 1. The lowest BCUT2D eigenvalue weighted by Gasteiger charge is -2.40. The topological polar surface area (TPSA) is 72.6 Å². The van der Waals surface area contributed by atoms with E-state index < -0.39 is 5.41 Å². The summed E-state index contributed by atoms with van der Waals surface area (Å²) in [4.78, 5) is 27.4. The fourth-order valence-electron chi connectivity index (χ4n) is 3.64. The number of aromatic nitrogens is 1. The zero-order valence-electron chi connectivity index (χ0n) is 15.5. The highest BCUT2D eigenvalue weighted by Crippen LogP contribution is 2.36. The Morgan fingerprint density at radius 2 is 2.19 bits per heavy atom. The van der Waals surface area contributed by atoms with Gasteiger partial charge in [-0.1, -0.05) is 28.9 Å². The first kappa shape index (κ1) is 19.4. The molecule has 0 unspecified atom stereocenters. The molecule has 0 saturated carbocycles. The molecule has 27 heavy (non-hydrogen) atoms. The van der Waals surface area contributed by atoms with Gasteiger partial charge in [-0.15, -0.1) is 0 Å². The van der Waals surface area contributed by atoms with Crippen molar-refractivity contribution >= 4 is 23.5 Å². The van der Waals surface area contributed by atoms with Crippen molar-refractivity contribution in [1.82, 2.24) is 10.1 Å². The molecule has 1 aromatic carbocycles. The largest absolute Gasteiger partial charge is 0.466 e. The quantitative estimate of drug-likeness (QED) is 0.728. The summed E-state index contributed by atoms with van der Waals surface area (Å²) in [7, 11) is 0. The number of hydrogen-bond acceptors (Lipinski definition) is 5. The van der Waals surface area contributed by atoms with Gasteiger partial charge < -0.3 is 14.2 Å². The predicted octanol–water partition coefficient (Wildman–Crippen LogP) is 3.66. The standard InChI is InChI=1S/C20H23ClN2O4/c1-3-26-19(25)20(12-15-6-4-7-16(21)11-15)8-5-9-23(13-20)18(24)17-10-14(2)27-22-17/h4,6-7,10-11H,3,5,8-9,12-13H2,1-2H3/t20-/m1/s1. The molecule has 6 nitrogen and oxygen atoms in total. The van der Waals surface area contributed by atoms with Crippen LogP contribution >= 0.6 is 11.6 Å². The molecule has 1 aliphatic heterocycles. The SMILES string of the molecule is CCOC(=O)[C@@]1(Cc2cccc(Cl)c2)CCCN(C(=O)c2cc(C)on2)C1. The lowest BCUT2D eigenvalue weighted by atomic mass is 9.75. The third-order valence-electron chi connectivity index (χ3n) is 4.85. The van der Waals surface area contributed by atoms with Crippen molar-refractivity contribution in [2.45, 2.75) is 33.1 Å². The highest BCUT2D eigenvalue weighted by atomic mass is 35.5. The van der Waals surface area contributed by atoms with Gasteiger partial charge in [0.1, 0.15) is 5.76 Å². The van der Waals surface area contributed by atoms with Crippen molar-refractivity contribution in [3.05, 3.63) is 52.4 Å². The Hall–Kier alpha value is -2.34. The van der Waals surface area contributed by atoms with Crippen LogP contribution in [-0.4, -0.2) is 41.6 Å². The minimum Gasteiger partial charge on any atom is -0.466 e. The number of aryl methyl sites for hydroxylation is 1. The van der Waals surface area contributed by atoms with Crippen molar-refractivity contribution in [1.29, 1.82) is 0 Å². The Bertz CT molecular complexity index is 835. The van der Waals surface area contributed by atoms with Crippen molar-refractivity contribution < 1.29 is 18.8 Å². The Labute approximate surface area is 163 Å². The van der Waals surface area contributed by atoms with Gasteiger partial charge in [-0.3, -0.25) is 9.59 Å². The molecule has 0 bridgehead atoms. The average Bonchev–Trinajstić information content (AvgIpc) is 3.08. The number of carbonyl (C=O) groups excluding carboxylic acids is 2. The summed E-state index contributed by atoms with van der Waals surface area (Å²) in [6.45, 7) is 4.67. The molecule has 3 rings (SSSR count). The number of benzene rings is 1. The second-order valence-electron chi connectivity index (χ2n) is 6.96. The van der Waals surface area contributed by atoms with Crippen molar-refractivity contribution in [2.24, 2.45) is 5.41 Å². The second-order valence-corrected chi connectivity index (χ2v) is 7.40. The molecule has 1 fully saturated rings. The lowest BCUT2D eigenvalue weighted by molar-refractivity contribution is -0.158. The van der Waals surface area contributed by atoms with E-state index in [9.17, 15) is 9.59 Å². The summed E-state index contributed by atoms with van der Waals surface area (Å²) in [5.41, 5.74) is 0.407. The lowest BCUT2D eigenvalue weighted by Crippen LogP contribution is -2.51. The molecular weight excluding hydrogens is 368 g/mol. The van der Waals surface area contributed by atoms with E-state index in [1.807, 2.05) is 18.2 Å². The highest BCUT2D eigenvalue weighted by Gasteiger charge is 2.45. The van der Waals surface area contributed by atoms with E-state index in [4.69, 9.17) is 20.9 Å². The van der Waals surface area contributed by atoms with Gasteiger partial charge in [0.25, 0.3) is 5.91 Å². The molecular formula is C20H23ClN2O4. The van der Waals surface area contributed by atoms with Crippen LogP contribution in [-0.2, 0) is 16.0 Å². The van der Waals surface area contributed by atoms with Gasteiger partial charge in [-0.05, 0) is 50.8 Å². The summed E-state index contributed by atoms with van der Waals surface area (Å²) in [6, 6.07) is 9.06. The third-order valence-corrected chi connectivity index (χ3v) is 5.09. The van der Waals surface area contributed by atoms with Gasteiger partial charge in [0.15, 0.2) is 5.69 Å². The van der Waals surface area contributed by atoms with Gasteiger partial charge >= 0.3 is 5.97 Å². The molecule has 2 aromatic rings. The van der Waals surface area contributed by atoms with E-state index in [1.54, 1.807) is 30.9 Å². The second kappa shape index (κ2) is 8.13. The minimum atomic E-state index is -0.798. The minimum absolute atomic E-state index is 0.230. The monoisotopic (exact) mass is 390 g/mol. The molecule has 0 radical (unpaired) electrons. The van der Waals surface area contributed by atoms with E-state index >= 15 is 0 Å². The van der Waals surface area contributed by atoms with E-state index in [-0.39, 0.29) is 24.1 Å². The fraction of sp³-hybridized carbons (Fsp3) is 0.450. The molecule has 1 atom stereocenters. The zero-order chi connectivity index (χ0) is 19.4. The van der Waals surface area contributed by atoms with Crippen LogP contribution in [0.1, 0.15) is 41.6 Å². The molecule has 7 heteroatoms. The normalized spacial score (nSPS) is 19.7. The number of nitrogens with zero attached hydrogens (tertiary/aromatic N) is 2. The number of ether oxygens (including phenoxy) is 1. The maximum absolute atomic E-state index is 12.9. The van der Waals surface area contributed by atoms with E-state index in [0.29, 0.717) is 43.2 Å². The molecule has 1 saturated heterocycles. The number of piperidine rings is 1. The maximum Gasteiger partial charge on any atom is 0.314 e. The number of rotatable bonds is 5. The Morgan fingerprint density at radius 1 is 1.37 bits per heavy atom. The number of carbonyl (C=O) groups is 2. The molecule has 0 N–H and O–H groups in total. The molecule has 144 valence electrons. The summed E-state index contributed by atoms with van der Waals surface area (Å²) >= 11 is 6.11. The van der Waals surface area contributed by atoms with Crippen molar-refractivity contribution in [3.63, 3.8) is 0 Å². The number of halogens is 1. The van der Waals surface area contributed by atoms with E-state index in [2.05, 4.69) is 5.16 Å². The first-order valence-electron chi connectivity index (χ1n) is 9.08. The Kier molecular flexibility index (Phi) is 5.85. The molecule has 1 aliphatic rings. The summed E-state index contributed by atoms with van der Waals surface area (Å²) < 4.78 is 10.4. The smallest absolute Gasteiger partial charge is 0.314 e. The number of likely N-dealkylation sites (tertiary alicyclic amines) is 1. The fourth-order valence-corrected chi connectivity index (χ4v) is 3.85. The molecule has 1 amide bonds. The summed E-state index contributed by atoms with van der Waals surface area (Å²) in [6.07, 6.45) is 1.83. The van der Waals surface area contributed by atoms with Gasteiger partial charge in [0, 0.05) is 24.2 Å². The predicted molar refractivity (Wildman–Crippen MR) is 101 cm³/mol. The first-order valence-corrected chi connectivity index (χ1v) is 9.45. The Morgan fingerprint density at radius 3 is 2.85 bits per heavy atom. The van der Waals surface area contributed by atoms with Gasteiger partial charge in [-0.2, -0.15) is 0 Å². The number of esters is 1. The maximum atomic E-state index is 12.9. The van der Waals surface area contributed by atoms with Gasteiger partial charge in [-0.25, -0.2) is 0 Å². The Balaban J connectivity index is 1.87. The van der Waals surface area contributed by atoms with Crippen LogP contribution in [0.3, 0.4) is 0 Å². The summed E-state index contributed by atoms with van der Waals surface area (Å²) in [5, 5.41) is 4.43. The zero-order valence-corrected chi connectivity index (χ0v) is 16.3. The van der Waals surface area contributed by atoms with Crippen LogP contribution in [0.15, 0.2) is 34.9 Å².